The number of nitrogens with zero attached hydrogens (tertiary/aromatic N) is 5. The standard InChI is InChI=1S/C18H23F3N6O/c1-12-8-23-11-26(12)10-15(28)25-5-2-13(3-6-25)16-14-9-22-4-7-27(14)17(24-16)18(19,20)21/h8,11,13,22H,2-7,9-10H2,1H3. The Kier molecular flexibility index (Phi) is 4.90. The molecule has 28 heavy (non-hydrogen) atoms. The minimum Gasteiger partial charge on any atom is -0.341 e. The van der Waals surface area contributed by atoms with E-state index in [9.17, 15) is 18.0 Å². The van der Waals surface area contributed by atoms with Crippen molar-refractivity contribution in [3.63, 3.8) is 0 Å². The molecule has 2 aliphatic heterocycles. The Balaban J connectivity index is 1.46. The Hall–Kier alpha value is -2.36. The molecular weight excluding hydrogens is 373 g/mol. The predicted molar refractivity (Wildman–Crippen MR) is 94.5 cm³/mol. The number of hydrogen-bond acceptors (Lipinski definition) is 4. The van der Waals surface area contributed by atoms with Crippen molar-refractivity contribution in [2.24, 2.45) is 0 Å². The number of nitrogens with one attached hydrogen (secondary N) is 1. The summed E-state index contributed by atoms with van der Waals surface area (Å²) in [5.74, 6) is -0.853. The predicted octanol–water partition coefficient (Wildman–Crippen LogP) is 1.92. The van der Waals surface area contributed by atoms with Crippen molar-refractivity contribution in [2.75, 3.05) is 19.6 Å². The van der Waals surface area contributed by atoms with Crippen LogP contribution >= 0.6 is 0 Å². The topological polar surface area (TPSA) is 68.0 Å². The molecule has 0 unspecified atom stereocenters. The zero-order chi connectivity index (χ0) is 19.9. The zero-order valence-electron chi connectivity index (χ0n) is 15.7. The van der Waals surface area contributed by atoms with Gasteiger partial charge in [-0.15, -0.1) is 0 Å². The summed E-state index contributed by atoms with van der Waals surface area (Å²) >= 11 is 0. The molecule has 1 fully saturated rings. The van der Waals surface area contributed by atoms with Gasteiger partial charge in [0, 0.05) is 50.5 Å². The highest BCUT2D eigenvalue weighted by molar-refractivity contribution is 5.76. The summed E-state index contributed by atoms with van der Waals surface area (Å²) in [7, 11) is 0. The third kappa shape index (κ3) is 3.52. The van der Waals surface area contributed by atoms with Crippen LogP contribution in [-0.2, 0) is 30.6 Å². The van der Waals surface area contributed by atoms with E-state index in [1.54, 1.807) is 22.0 Å². The van der Waals surface area contributed by atoms with Crippen molar-refractivity contribution in [1.82, 2.24) is 29.3 Å². The first-order chi connectivity index (χ1) is 13.3. The number of likely N-dealkylation sites (tertiary alicyclic amines) is 1. The van der Waals surface area contributed by atoms with Gasteiger partial charge in [-0.3, -0.25) is 4.79 Å². The van der Waals surface area contributed by atoms with Gasteiger partial charge in [-0.2, -0.15) is 13.2 Å². The van der Waals surface area contributed by atoms with E-state index >= 15 is 0 Å². The fraction of sp³-hybridized carbons (Fsp3) is 0.611. The number of rotatable bonds is 3. The molecule has 0 aliphatic carbocycles. The van der Waals surface area contributed by atoms with Gasteiger partial charge in [0.2, 0.25) is 11.7 Å². The number of aromatic nitrogens is 4. The Morgan fingerprint density at radius 3 is 2.68 bits per heavy atom. The van der Waals surface area contributed by atoms with Crippen molar-refractivity contribution in [2.45, 2.75) is 51.5 Å². The lowest BCUT2D eigenvalue weighted by Crippen LogP contribution is -2.40. The summed E-state index contributed by atoms with van der Waals surface area (Å²) in [5.41, 5.74) is 2.09. The van der Waals surface area contributed by atoms with Crippen LogP contribution in [0.25, 0.3) is 0 Å². The lowest BCUT2D eigenvalue weighted by atomic mass is 9.92. The molecule has 2 aromatic rings. The fourth-order valence-electron chi connectivity index (χ4n) is 4.07. The van der Waals surface area contributed by atoms with Gasteiger partial charge in [0.25, 0.3) is 0 Å². The van der Waals surface area contributed by atoms with Crippen molar-refractivity contribution in [3.8, 4) is 0 Å². The molecule has 4 rings (SSSR count). The van der Waals surface area contributed by atoms with Crippen LogP contribution in [-0.4, -0.2) is 49.5 Å². The molecule has 2 aromatic heterocycles. The number of imidazole rings is 2. The van der Waals surface area contributed by atoms with Gasteiger partial charge >= 0.3 is 6.18 Å². The Labute approximate surface area is 160 Å². The molecule has 1 N–H and O–H groups in total. The monoisotopic (exact) mass is 396 g/mol. The molecule has 4 heterocycles. The van der Waals surface area contributed by atoms with E-state index in [1.165, 1.54) is 4.57 Å². The number of hydrogen-bond donors (Lipinski definition) is 1. The first-order valence-corrected chi connectivity index (χ1v) is 9.46. The third-order valence-electron chi connectivity index (χ3n) is 5.62. The number of fused-ring (bicyclic) bond motifs is 1. The maximum atomic E-state index is 13.4. The molecule has 0 bridgehead atoms. The number of alkyl halides is 3. The van der Waals surface area contributed by atoms with Gasteiger partial charge in [-0.25, -0.2) is 9.97 Å². The second-order valence-electron chi connectivity index (χ2n) is 7.41. The molecule has 7 nitrogen and oxygen atoms in total. The summed E-state index contributed by atoms with van der Waals surface area (Å²) in [5, 5.41) is 3.14. The molecular formula is C18H23F3N6O. The van der Waals surface area contributed by atoms with Crippen molar-refractivity contribution in [3.05, 3.63) is 35.4 Å². The summed E-state index contributed by atoms with van der Waals surface area (Å²) in [4.78, 5) is 22.3. The quantitative estimate of drug-likeness (QED) is 0.861. The molecule has 10 heteroatoms. The Morgan fingerprint density at radius 1 is 1.29 bits per heavy atom. The normalized spacial score (nSPS) is 18.4. The van der Waals surface area contributed by atoms with Crippen LogP contribution < -0.4 is 5.32 Å². The largest absolute Gasteiger partial charge is 0.449 e. The maximum Gasteiger partial charge on any atom is 0.449 e. The molecule has 0 saturated carbocycles. The smallest absolute Gasteiger partial charge is 0.341 e. The summed E-state index contributed by atoms with van der Waals surface area (Å²) < 4.78 is 43.2. The van der Waals surface area contributed by atoms with Crippen LogP contribution in [0.15, 0.2) is 12.5 Å². The molecule has 0 spiro atoms. The number of carbonyl (C=O) groups excluding carboxylic acids is 1. The van der Waals surface area contributed by atoms with Crippen LogP contribution in [0.4, 0.5) is 13.2 Å². The summed E-state index contributed by atoms with van der Waals surface area (Å²) in [6.45, 7) is 4.36. The molecule has 0 radical (unpaired) electrons. The van der Waals surface area contributed by atoms with Gasteiger partial charge in [0.05, 0.1) is 17.7 Å². The highest BCUT2D eigenvalue weighted by Gasteiger charge is 2.40. The van der Waals surface area contributed by atoms with Crippen LogP contribution in [0, 0.1) is 6.92 Å². The van der Waals surface area contributed by atoms with Gasteiger partial charge < -0.3 is 19.4 Å². The minimum absolute atomic E-state index is 0.00377. The molecule has 1 amide bonds. The van der Waals surface area contributed by atoms with E-state index in [4.69, 9.17) is 0 Å². The van der Waals surface area contributed by atoms with Crippen LogP contribution in [0.5, 0.6) is 0 Å². The molecule has 152 valence electrons. The number of carbonyl (C=O) groups is 1. The second kappa shape index (κ2) is 7.23. The number of aryl methyl sites for hydroxylation is 1. The Morgan fingerprint density at radius 2 is 2.04 bits per heavy atom. The number of halogens is 3. The lowest BCUT2D eigenvalue weighted by Gasteiger charge is -2.32. The number of piperidine rings is 1. The zero-order valence-corrected chi connectivity index (χ0v) is 15.7. The lowest BCUT2D eigenvalue weighted by molar-refractivity contribution is -0.147. The minimum atomic E-state index is -4.45. The molecule has 0 aromatic carbocycles. The van der Waals surface area contributed by atoms with E-state index in [0.717, 1.165) is 5.69 Å². The molecule has 2 aliphatic rings. The summed E-state index contributed by atoms with van der Waals surface area (Å²) in [6.07, 6.45) is 0.117. The first kappa shape index (κ1) is 19.0. The second-order valence-corrected chi connectivity index (χ2v) is 7.41. The highest BCUT2D eigenvalue weighted by Crippen LogP contribution is 2.36. The molecule has 0 atom stereocenters. The van der Waals surface area contributed by atoms with E-state index in [2.05, 4.69) is 15.3 Å². The molecule has 1 saturated heterocycles. The van der Waals surface area contributed by atoms with Crippen molar-refractivity contribution >= 4 is 5.91 Å². The van der Waals surface area contributed by atoms with Gasteiger partial charge in [-0.1, -0.05) is 0 Å². The van der Waals surface area contributed by atoms with E-state index in [-0.39, 0.29) is 24.9 Å². The Bertz CT molecular complexity index is 863. The van der Waals surface area contributed by atoms with Gasteiger partial charge in [0.15, 0.2) is 0 Å². The summed E-state index contributed by atoms with van der Waals surface area (Å²) in [6, 6.07) is 0. The van der Waals surface area contributed by atoms with Crippen molar-refractivity contribution < 1.29 is 18.0 Å². The average Bonchev–Trinajstić information content (AvgIpc) is 3.25. The van der Waals surface area contributed by atoms with Crippen LogP contribution in [0.3, 0.4) is 0 Å². The SMILES string of the molecule is Cc1cncn1CC(=O)N1CCC(c2nc(C(F)(F)F)n3c2CNCC3)CC1. The van der Waals surface area contributed by atoms with Crippen molar-refractivity contribution in [1.29, 1.82) is 0 Å². The first-order valence-electron chi connectivity index (χ1n) is 9.46. The average molecular weight is 396 g/mol. The third-order valence-corrected chi connectivity index (χ3v) is 5.62. The van der Waals surface area contributed by atoms with E-state index in [0.29, 0.717) is 50.4 Å². The van der Waals surface area contributed by atoms with Crippen LogP contribution in [0.1, 0.15) is 41.7 Å². The van der Waals surface area contributed by atoms with Crippen LogP contribution in [0.2, 0.25) is 0 Å². The maximum absolute atomic E-state index is 13.4. The van der Waals surface area contributed by atoms with E-state index in [1.807, 2.05) is 6.92 Å². The van der Waals surface area contributed by atoms with Gasteiger partial charge in [-0.05, 0) is 19.8 Å². The van der Waals surface area contributed by atoms with E-state index < -0.39 is 12.0 Å². The fourth-order valence-corrected chi connectivity index (χ4v) is 4.07. The van der Waals surface area contributed by atoms with Gasteiger partial charge in [0.1, 0.15) is 6.54 Å². The number of amides is 1. The highest BCUT2D eigenvalue weighted by atomic mass is 19.4.